The van der Waals surface area contributed by atoms with Crippen LogP contribution in [0.4, 0.5) is 32.0 Å². The van der Waals surface area contributed by atoms with Crippen molar-refractivity contribution in [3.05, 3.63) is 69.6 Å². The molecule has 2 aromatic carbocycles. The lowest BCUT2D eigenvalue weighted by Gasteiger charge is -2.17. The number of thioether (sulfide) groups is 1. The Hall–Kier alpha value is -2.65. The van der Waals surface area contributed by atoms with Gasteiger partial charge in [-0.3, -0.25) is 0 Å². The second-order valence-electron chi connectivity index (χ2n) is 5.94. The Morgan fingerprint density at radius 2 is 1.52 bits per heavy atom. The molecule has 4 nitrogen and oxygen atoms in total. The Morgan fingerprint density at radius 1 is 1.00 bits per heavy atom. The van der Waals surface area contributed by atoms with E-state index in [1.165, 1.54) is 36.4 Å². The van der Waals surface area contributed by atoms with Crippen molar-refractivity contribution in [2.24, 2.45) is 0 Å². The number of nitrogens with one attached hydrogen (secondary N) is 1. The highest BCUT2D eigenvalue weighted by molar-refractivity contribution is 8.04. The van der Waals surface area contributed by atoms with Gasteiger partial charge < -0.3 is 5.32 Å². The van der Waals surface area contributed by atoms with Gasteiger partial charge in [0.15, 0.2) is 4.91 Å². The first-order valence-electron chi connectivity index (χ1n) is 8.44. The van der Waals surface area contributed by atoms with Gasteiger partial charge in [-0.2, -0.15) is 31.6 Å². The number of nitrogens with zero attached hydrogens (tertiary/aromatic N) is 1. The topological polar surface area (TPSA) is 70.0 Å². The molecule has 0 unspecified atom stereocenters. The molecule has 2 aromatic rings. The maximum Gasteiger partial charge on any atom is 0.416 e. The molecule has 0 atom stereocenters. The summed E-state index contributed by atoms with van der Waals surface area (Å²) < 4.78 is 104. The van der Waals surface area contributed by atoms with Crippen LogP contribution in [0.3, 0.4) is 0 Å². The van der Waals surface area contributed by atoms with Gasteiger partial charge in [-0.25, -0.2) is 8.42 Å². The van der Waals surface area contributed by atoms with Gasteiger partial charge in [-0.1, -0.05) is 25.1 Å². The highest BCUT2D eigenvalue weighted by Gasteiger charge is 2.37. The fourth-order valence-electron chi connectivity index (χ4n) is 2.41. The van der Waals surface area contributed by atoms with Crippen LogP contribution in [0.5, 0.6) is 0 Å². The largest absolute Gasteiger partial charge is 0.416 e. The van der Waals surface area contributed by atoms with Crippen LogP contribution in [0.1, 0.15) is 18.1 Å². The minimum absolute atomic E-state index is 0.0482. The third kappa shape index (κ3) is 5.95. The average Bonchev–Trinajstić information content (AvgIpc) is 2.67. The van der Waals surface area contributed by atoms with Gasteiger partial charge in [0, 0.05) is 5.69 Å². The summed E-state index contributed by atoms with van der Waals surface area (Å²) in [4.78, 5) is -1.07. The number of sulfone groups is 1. The van der Waals surface area contributed by atoms with Crippen LogP contribution >= 0.6 is 11.8 Å². The van der Waals surface area contributed by atoms with Gasteiger partial charge in [0.25, 0.3) is 0 Å². The molecule has 0 saturated carbocycles. The first-order chi connectivity index (χ1) is 14.3. The second kappa shape index (κ2) is 9.23. The number of hydrogen-bond donors (Lipinski definition) is 1. The van der Waals surface area contributed by atoms with Gasteiger partial charge in [0.2, 0.25) is 9.84 Å². The van der Waals surface area contributed by atoms with Crippen LogP contribution in [0.2, 0.25) is 0 Å². The molecule has 0 fully saturated rings. The summed E-state index contributed by atoms with van der Waals surface area (Å²) in [7, 11) is -4.38. The van der Waals surface area contributed by atoms with Crippen molar-refractivity contribution in [1.82, 2.24) is 0 Å². The number of anilines is 1. The molecule has 0 saturated heterocycles. The number of nitriles is 1. The van der Waals surface area contributed by atoms with E-state index < -0.39 is 43.9 Å². The zero-order valence-corrected chi connectivity index (χ0v) is 17.3. The van der Waals surface area contributed by atoms with E-state index in [9.17, 15) is 40.0 Å². The van der Waals surface area contributed by atoms with Crippen LogP contribution in [0.25, 0.3) is 0 Å². The Balaban J connectivity index is 2.67. The molecule has 0 radical (unpaired) electrons. The maximum atomic E-state index is 13.1. The summed E-state index contributed by atoms with van der Waals surface area (Å²) in [5.41, 5.74) is -3.81. The van der Waals surface area contributed by atoms with Crippen LogP contribution in [-0.4, -0.2) is 14.2 Å². The lowest BCUT2D eigenvalue weighted by atomic mass is 10.1. The van der Waals surface area contributed by atoms with E-state index in [0.29, 0.717) is 12.1 Å². The molecule has 0 heterocycles. The second-order valence-corrected chi connectivity index (χ2v) is 9.10. The van der Waals surface area contributed by atoms with Crippen LogP contribution < -0.4 is 5.32 Å². The van der Waals surface area contributed by atoms with E-state index >= 15 is 0 Å². The van der Waals surface area contributed by atoms with Crippen molar-refractivity contribution in [2.75, 3.05) is 11.1 Å². The first kappa shape index (κ1) is 24.6. The molecule has 0 aliphatic carbocycles. The van der Waals surface area contributed by atoms with E-state index in [4.69, 9.17) is 0 Å². The molecule has 31 heavy (non-hydrogen) atoms. The summed E-state index contributed by atoms with van der Waals surface area (Å²) in [6.07, 6.45) is -10.2. The van der Waals surface area contributed by atoms with Gasteiger partial charge in [-0.15, -0.1) is 11.8 Å². The smallest absolute Gasteiger partial charge is 0.349 e. The monoisotopic (exact) mass is 480 g/mol. The molecule has 0 spiro atoms. The highest BCUT2D eigenvalue weighted by Crippen LogP contribution is 2.38. The van der Waals surface area contributed by atoms with Crippen molar-refractivity contribution in [1.29, 1.82) is 5.26 Å². The van der Waals surface area contributed by atoms with E-state index in [1.807, 2.05) is 0 Å². The lowest BCUT2D eigenvalue weighted by Crippen LogP contribution is -2.14. The van der Waals surface area contributed by atoms with Crippen molar-refractivity contribution in [3.63, 3.8) is 0 Å². The van der Waals surface area contributed by atoms with E-state index in [0.717, 1.165) is 11.8 Å². The molecular formula is C19H14F6N2O2S2. The SMILES string of the molecule is CCS/C(Nc1cc(C(F)(F)F)cc(C(F)(F)F)c1)=C(/C#N)S(=O)(=O)c1ccccc1. The highest BCUT2D eigenvalue weighted by atomic mass is 32.2. The van der Waals surface area contributed by atoms with Crippen LogP contribution in [0, 0.1) is 11.3 Å². The zero-order chi connectivity index (χ0) is 23.4. The minimum Gasteiger partial charge on any atom is -0.349 e. The molecule has 12 heteroatoms. The third-order valence-corrected chi connectivity index (χ3v) is 6.50. The number of allylic oxidation sites excluding steroid dienone is 1. The molecule has 166 valence electrons. The summed E-state index contributed by atoms with van der Waals surface area (Å²) in [6, 6.07) is 9.06. The molecule has 2 rings (SSSR count). The first-order valence-corrected chi connectivity index (χ1v) is 10.9. The number of rotatable bonds is 6. The normalized spacial score (nSPS) is 13.4. The summed E-state index contributed by atoms with van der Waals surface area (Å²) in [6.45, 7) is 1.57. The molecule has 1 N–H and O–H groups in total. The summed E-state index contributed by atoms with van der Waals surface area (Å²) >= 11 is 0.757. The van der Waals surface area contributed by atoms with Crippen LogP contribution in [-0.2, 0) is 22.2 Å². The predicted molar refractivity (Wildman–Crippen MR) is 104 cm³/mol. The number of alkyl halides is 6. The Labute approximate surface area is 178 Å². The standard InChI is InChI=1S/C19H14F6N2O2S2/c1-2-30-17(16(11-26)31(28,29)15-6-4-3-5-7-15)27-14-9-12(18(20,21)22)8-13(10-14)19(23,24)25/h3-10,27H,2H2,1H3/b17-16-. The van der Waals surface area contributed by atoms with Gasteiger partial charge in [0.1, 0.15) is 11.1 Å². The molecular weight excluding hydrogens is 466 g/mol. The number of benzene rings is 2. The van der Waals surface area contributed by atoms with Crippen molar-refractivity contribution < 1.29 is 34.8 Å². The average molecular weight is 480 g/mol. The fraction of sp³-hybridized carbons (Fsp3) is 0.211. The predicted octanol–water partition coefficient (Wildman–Crippen LogP) is 6.06. The van der Waals surface area contributed by atoms with E-state index in [1.54, 1.807) is 6.92 Å². The van der Waals surface area contributed by atoms with E-state index in [-0.39, 0.29) is 21.7 Å². The zero-order valence-electron chi connectivity index (χ0n) is 15.7. The van der Waals surface area contributed by atoms with Crippen molar-refractivity contribution in [3.8, 4) is 6.07 Å². The molecule has 0 bridgehead atoms. The van der Waals surface area contributed by atoms with Crippen LogP contribution in [0.15, 0.2) is 63.4 Å². The Bertz CT molecular complexity index is 1090. The lowest BCUT2D eigenvalue weighted by molar-refractivity contribution is -0.143. The molecule has 0 aliphatic rings. The quantitative estimate of drug-likeness (QED) is 0.402. The van der Waals surface area contributed by atoms with Gasteiger partial charge >= 0.3 is 12.4 Å². The number of halogens is 6. The third-order valence-electron chi connectivity index (χ3n) is 3.76. The minimum atomic E-state index is -5.08. The van der Waals surface area contributed by atoms with Crippen molar-refractivity contribution in [2.45, 2.75) is 24.2 Å². The fourth-order valence-corrected chi connectivity index (χ4v) is 4.74. The van der Waals surface area contributed by atoms with Gasteiger partial charge in [0.05, 0.1) is 16.0 Å². The molecule has 0 amide bonds. The summed E-state index contributed by atoms with van der Waals surface area (Å²) in [5, 5.41) is 11.4. The van der Waals surface area contributed by atoms with E-state index in [2.05, 4.69) is 5.32 Å². The van der Waals surface area contributed by atoms with Gasteiger partial charge in [-0.05, 0) is 36.1 Å². The number of hydrogen-bond acceptors (Lipinski definition) is 5. The Kier molecular flexibility index (Phi) is 7.33. The summed E-state index contributed by atoms with van der Waals surface area (Å²) in [5.74, 6) is 0.183. The van der Waals surface area contributed by atoms with Crippen molar-refractivity contribution >= 4 is 27.3 Å². The Morgan fingerprint density at radius 3 is 1.94 bits per heavy atom. The molecule has 0 aromatic heterocycles. The molecule has 0 aliphatic heterocycles. The maximum absolute atomic E-state index is 13.1.